The lowest BCUT2D eigenvalue weighted by Crippen LogP contribution is -2.04. The normalized spacial score (nSPS) is 10.7. The molecule has 18 heavy (non-hydrogen) atoms. The predicted molar refractivity (Wildman–Crippen MR) is 74.2 cm³/mol. The number of ketones is 1. The van der Waals surface area contributed by atoms with Gasteiger partial charge in [0, 0.05) is 22.0 Å². The summed E-state index contributed by atoms with van der Waals surface area (Å²) in [6.07, 6.45) is 1.69. The van der Waals surface area contributed by atoms with Crippen molar-refractivity contribution in [2.75, 3.05) is 0 Å². The van der Waals surface area contributed by atoms with Crippen molar-refractivity contribution in [1.82, 2.24) is 4.98 Å². The highest BCUT2D eigenvalue weighted by atomic mass is 32.1. The number of carbonyl (C=O) groups is 1. The van der Waals surface area contributed by atoms with Gasteiger partial charge in [0.2, 0.25) is 5.78 Å². The SMILES string of the molecule is Cc1sccc1C(=O)c1nccc2ccccc12. The van der Waals surface area contributed by atoms with Crippen LogP contribution in [0.15, 0.2) is 48.0 Å². The van der Waals surface area contributed by atoms with E-state index in [0.717, 1.165) is 21.2 Å². The summed E-state index contributed by atoms with van der Waals surface area (Å²) in [5.41, 5.74) is 1.29. The minimum Gasteiger partial charge on any atom is -0.287 e. The van der Waals surface area contributed by atoms with Gasteiger partial charge in [0.25, 0.3) is 0 Å². The van der Waals surface area contributed by atoms with E-state index in [0.29, 0.717) is 5.69 Å². The monoisotopic (exact) mass is 253 g/mol. The van der Waals surface area contributed by atoms with Crippen molar-refractivity contribution in [1.29, 1.82) is 0 Å². The van der Waals surface area contributed by atoms with Crippen LogP contribution in [0.25, 0.3) is 10.8 Å². The van der Waals surface area contributed by atoms with Crippen LogP contribution >= 0.6 is 11.3 Å². The molecule has 1 aromatic carbocycles. The molecular weight excluding hydrogens is 242 g/mol. The largest absolute Gasteiger partial charge is 0.287 e. The molecule has 0 bridgehead atoms. The Balaban J connectivity index is 2.21. The maximum Gasteiger partial charge on any atom is 0.213 e. The highest BCUT2D eigenvalue weighted by Gasteiger charge is 2.16. The molecule has 0 fully saturated rings. The number of pyridine rings is 1. The fourth-order valence-electron chi connectivity index (χ4n) is 2.05. The first-order chi connectivity index (χ1) is 8.77. The van der Waals surface area contributed by atoms with Crippen LogP contribution < -0.4 is 0 Å². The molecule has 2 aromatic heterocycles. The van der Waals surface area contributed by atoms with Gasteiger partial charge in [-0.2, -0.15) is 0 Å². The highest BCUT2D eigenvalue weighted by molar-refractivity contribution is 7.10. The third-order valence-corrected chi connectivity index (χ3v) is 3.84. The van der Waals surface area contributed by atoms with E-state index >= 15 is 0 Å². The number of aryl methyl sites for hydroxylation is 1. The maximum atomic E-state index is 12.5. The molecule has 3 aromatic rings. The lowest BCUT2D eigenvalue weighted by atomic mass is 10.0. The summed E-state index contributed by atoms with van der Waals surface area (Å²) in [5.74, 6) is 0.00514. The first-order valence-corrected chi connectivity index (χ1v) is 6.58. The van der Waals surface area contributed by atoms with Crippen LogP contribution in [0.2, 0.25) is 0 Å². The molecule has 0 spiro atoms. The predicted octanol–water partition coefficient (Wildman–Crippen LogP) is 3.84. The van der Waals surface area contributed by atoms with Gasteiger partial charge in [0.15, 0.2) is 0 Å². The Labute approximate surface area is 109 Å². The molecule has 0 saturated carbocycles. The molecule has 0 saturated heterocycles. The van der Waals surface area contributed by atoms with Crippen LogP contribution in [-0.4, -0.2) is 10.8 Å². The van der Waals surface area contributed by atoms with Gasteiger partial charge in [0.05, 0.1) is 0 Å². The summed E-state index contributed by atoms with van der Waals surface area (Å²) < 4.78 is 0. The van der Waals surface area contributed by atoms with Crippen LogP contribution in [0, 0.1) is 6.92 Å². The molecule has 3 rings (SSSR count). The molecule has 0 atom stereocenters. The zero-order chi connectivity index (χ0) is 12.5. The zero-order valence-corrected chi connectivity index (χ0v) is 10.7. The standard InChI is InChI=1S/C15H11NOS/c1-10-12(7-9-18-10)15(17)14-13-5-3-2-4-11(13)6-8-16-14/h2-9H,1H3. The van der Waals surface area contributed by atoms with Gasteiger partial charge in [-0.1, -0.05) is 24.3 Å². The van der Waals surface area contributed by atoms with E-state index in [1.807, 2.05) is 48.7 Å². The van der Waals surface area contributed by atoms with Crippen LogP contribution in [0.3, 0.4) is 0 Å². The lowest BCUT2D eigenvalue weighted by molar-refractivity contribution is 0.103. The Kier molecular flexibility index (Phi) is 2.68. The molecule has 0 aliphatic heterocycles. The van der Waals surface area contributed by atoms with Gasteiger partial charge < -0.3 is 0 Å². The van der Waals surface area contributed by atoms with Gasteiger partial charge >= 0.3 is 0 Å². The van der Waals surface area contributed by atoms with E-state index in [2.05, 4.69) is 4.98 Å². The van der Waals surface area contributed by atoms with Crippen LogP contribution in [0.5, 0.6) is 0 Å². The number of hydrogen-bond donors (Lipinski definition) is 0. The van der Waals surface area contributed by atoms with Gasteiger partial charge in [-0.15, -0.1) is 11.3 Å². The van der Waals surface area contributed by atoms with Crippen molar-refractivity contribution in [3.63, 3.8) is 0 Å². The number of thiophene rings is 1. The van der Waals surface area contributed by atoms with E-state index in [1.165, 1.54) is 0 Å². The molecule has 0 aliphatic rings. The molecule has 0 N–H and O–H groups in total. The first-order valence-electron chi connectivity index (χ1n) is 5.70. The van der Waals surface area contributed by atoms with Crippen LogP contribution in [0.4, 0.5) is 0 Å². The van der Waals surface area contributed by atoms with Crippen molar-refractivity contribution in [2.24, 2.45) is 0 Å². The first kappa shape index (κ1) is 11.1. The number of fused-ring (bicyclic) bond motifs is 1. The van der Waals surface area contributed by atoms with Crippen molar-refractivity contribution in [2.45, 2.75) is 6.92 Å². The van der Waals surface area contributed by atoms with E-state index in [4.69, 9.17) is 0 Å². The lowest BCUT2D eigenvalue weighted by Gasteiger charge is -2.04. The van der Waals surface area contributed by atoms with Crippen molar-refractivity contribution in [3.8, 4) is 0 Å². The van der Waals surface area contributed by atoms with Gasteiger partial charge in [0.1, 0.15) is 5.69 Å². The van der Waals surface area contributed by atoms with E-state index in [9.17, 15) is 4.79 Å². The number of nitrogens with zero attached hydrogens (tertiary/aromatic N) is 1. The van der Waals surface area contributed by atoms with E-state index in [-0.39, 0.29) is 5.78 Å². The molecule has 88 valence electrons. The molecule has 0 radical (unpaired) electrons. The summed E-state index contributed by atoms with van der Waals surface area (Å²) in [7, 11) is 0. The van der Waals surface area contributed by atoms with Gasteiger partial charge in [-0.25, -0.2) is 0 Å². The minimum absolute atomic E-state index is 0.00514. The van der Waals surface area contributed by atoms with Gasteiger partial charge in [-0.05, 0) is 29.8 Å². The van der Waals surface area contributed by atoms with Crippen molar-refractivity contribution in [3.05, 3.63) is 64.1 Å². The molecule has 2 heterocycles. The molecule has 0 aliphatic carbocycles. The van der Waals surface area contributed by atoms with Crippen molar-refractivity contribution < 1.29 is 4.79 Å². The summed E-state index contributed by atoms with van der Waals surface area (Å²) >= 11 is 1.58. The van der Waals surface area contributed by atoms with Crippen LogP contribution in [-0.2, 0) is 0 Å². The average molecular weight is 253 g/mol. The third kappa shape index (κ3) is 1.73. The second kappa shape index (κ2) is 4.35. The minimum atomic E-state index is 0.00514. The third-order valence-electron chi connectivity index (χ3n) is 2.99. The zero-order valence-electron chi connectivity index (χ0n) is 9.88. The Morgan fingerprint density at radius 3 is 2.78 bits per heavy atom. The Bertz CT molecular complexity index is 725. The Hall–Kier alpha value is -2.00. The summed E-state index contributed by atoms with van der Waals surface area (Å²) in [5, 5.41) is 3.90. The smallest absolute Gasteiger partial charge is 0.213 e. The van der Waals surface area contributed by atoms with E-state index < -0.39 is 0 Å². The fraction of sp³-hybridized carbons (Fsp3) is 0.0667. The van der Waals surface area contributed by atoms with Gasteiger partial charge in [-0.3, -0.25) is 9.78 Å². The van der Waals surface area contributed by atoms with Crippen LogP contribution in [0.1, 0.15) is 20.9 Å². The topological polar surface area (TPSA) is 30.0 Å². The number of aromatic nitrogens is 1. The molecule has 0 unspecified atom stereocenters. The van der Waals surface area contributed by atoms with E-state index in [1.54, 1.807) is 17.5 Å². The number of hydrogen-bond acceptors (Lipinski definition) is 3. The summed E-state index contributed by atoms with van der Waals surface area (Å²) in [6, 6.07) is 11.6. The molecule has 2 nitrogen and oxygen atoms in total. The quantitative estimate of drug-likeness (QED) is 0.649. The summed E-state index contributed by atoms with van der Waals surface area (Å²) in [4.78, 5) is 17.8. The average Bonchev–Trinajstić information content (AvgIpc) is 2.83. The fourth-order valence-corrected chi connectivity index (χ4v) is 2.74. The summed E-state index contributed by atoms with van der Waals surface area (Å²) in [6.45, 7) is 1.96. The number of rotatable bonds is 2. The number of benzene rings is 1. The molecular formula is C15H11NOS. The Morgan fingerprint density at radius 1 is 1.17 bits per heavy atom. The number of carbonyl (C=O) groups excluding carboxylic acids is 1. The molecule has 3 heteroatoms. The van der Waals surface area contributed by atoms with Crippen molar-refractivity contribution >= 4 is 27.9 Å². The maximum absolute atomic E-state index is 12.5. The molecule has 0 amide bonds. The highest BCUT2D eigenvalue weighted by Crippen LogP contribution is 2.23. The second-order valence-corrected chi connectivity index (χ2v) is 5.22. The second-order valence-electron chi connectivity index (χ2n) is 4.10. The Morgan fingerprint density at radius 2 is 2.00 bits per heavy atom.